The maximum absolute atomic E-state index is 12.9. The summed E-state index contributed by atoms with van der Waals surface area (Å²) in [6.45, 7) is 3.04. The normalized spacial score (nSPS) is 16.8. The summed E-state index contributed by atoms with van der Waals surface area (Å²) in [5, 5.41) is 0. The summed E-state index contributed by atoms with van der Waals surface area (Å²) in [4.78, 5) is 21.7. The zero-order valence-electron chi connectivity index (χ0n) is 16.3. The molecule has 0 saturated carbocycles. The molecule has 1 aromatic heterocycles. The van der Waals surface area contributed by atoms with Crippen molar-refractivity contribution in [1.82, 2.24) is 14.8 Å². The molecule has 1 aliphatic heterocycles. The Morgan fingerprint density at radius 1 is 1.19 bits per heavy atom. The number of likely N-dealkylation sites (N-methyl/N-ethyl adjacent to an activating group) is 1. The van der Waals surface area contributed by atoms with Gasteiger partial charge in [-0.1, -0.05) is 36.4 Å². The summed E-state index contributed by atoms with van der Waals surface area (Å²) >= 11 is 0. The van der Waals surface area contributed by atoms with Gasteiger partial charge in [0, 0.05) is 58.1 Å². The third-order valence-electron chi connectivity index (χ3n) is 5.43. The van der Waals surface area contributed by atoms with Crippen LogP contribution in [0.3, 0.4) is 0 Å². The van der Waals surface area contributed by atoms with E-state index in [4.69, 9.17) is 4.74 Å². The molecule has 1 aliphatic rings. The molecule has 1 fully saturated rings. The Hall–Kier alpha value is -2.24. The third-order valence-corrected chi connectivity index (χ3v) is 5.43. The number of rotatable bonds is 7. The zero-order valence-corrected chi connectivity index (χ0v) is 16.3. The minimum absolute atomic E-state index is 0.0376. The van der Waals surface area contributed by atoms with Gasteiger partial charge >= 0.3 is 0 Å². The van der Waals surface area contributed by atoms with Crippen LogP contribution in [0.4, 0.5) is 0 Å². The van der Waals surface area contributed by atoms with Crippen molar-refractivity contribution in [3.05, 3.63) is 66.0 Å². The van der Waals surface area contributed by atoms with Crippen LogP contribution in [0.15, 0.2) is 54.7 Å². The number of pyridine rings is 1. The molecule has 5 heteroatoms. The predicted molar refractivity (Wildman–Crippen MR) is 106 cm³/mol. The lowest BCUT2D eigenvalue weighted by Gasteiger charge is -2.37. The Labute approximate surface area is 162 Å². The first-order chi connectivity index (χ1) is 13.2. The monoisotopic (exact) mass is 367 g/mol. The van der Waals surface area contributed by atoms with Gasteiger partial charge in [0.15, 0.2) is 6.10 Å². The first kappa shape index (κ1) is 19.5. The van der Waals surface area contributed by atoms with Gasteiger partial charge in [0.05, 0.1) is 0 Å². The van der Waals surface area contributed by atoms with Crippen molar-refractivity contribution in [2.45, 2.75) is 31.4 Å². The second kappa shape index (κ2) is 9.62. The fourth-order valence-electron chi connectivity index (χ4n) is 3.72. The molecule has 1 atom stereocenters. The number of likely N-dealkylation sites (tertiary alicyclic amines) is 1. The number of amides is 1. The number of piperidine rings is 1. The Morgan fingerprint density at radius 3 is 2.52 bits per heavy atom. The third kappa shape index (κ3) is 5.15. The highest BCUT2D eigenvalue weighted by molar-refractivity contribution is 5.82. The van der Waals surface area contributed by atoms with E-state index in [1.807, 2.05) is 60.6 Å². The fraction of sp³-hybridized carbons (Fsp3) is 0.455. The maximum atomic E-state index is 12.9. The van der Waals surface area contributed by atoms with Crippen LogP contribution in [0, 0.1) is 0 Å². The van der Waals surface area contributed by atoms with Gasteiger partial charge in [0.2, 0.25) is 0 Å². The second-order valence-corrected chi connectivity index (χ2v) is 7.12. The largest absolute Gasteiger partial charge is 0.367 e. The quantitative estimate of drug-likeness (QED) is 0.755. The summed E-state index contributed by atoms with van der Waals surface area (Å²) < 4.78 is 5.51. The van der Waals surface area contributed by atoms with Crippen LogP contribution in [0.5, 0.6) is 0 Å². The lowest BCUT2D eigenvalue weighted by Crippen LogP contribution is -2.47. The molecule has 144 valence electrons. The van der Waals surface area contributed by atoms with E-state index in [0.717, 1.165) is 50.2 Å². The van der Waals surface area contributed by atoms with Gasteiger partial charge in [-0.3, -0.25) is 9.78 Å². The number of hydrogen-bond acceptors (Lipinski definition) is 4. The fourth-order valence-corrected chi connectivity index (χ4v) is 3.72. The van der Waals surface area contributed by atoms with Crippen LogP contribution in [0.2, 0.25) is 0 Å². The molecule has 0 radical (unpaired) electrons. The average molecular weight is 367 g/mol. The lowest BCUT2D eigenvalue weighted by atomic mass is 10.0. The Morgan fingerprint density at radius 2 is 1.89 bits per heavy atom. The molecule has 0 N–H and O–H groups in total. The van der Waals surface area contributed by atoms with Gasteiger partial charge in [-0.05, 0) is 30.5 Å². The number of carbonyl (C=O) groups is 1. The molecular weight excluding hydrogens is 338 g/mol. The smallest absolute Gasteiger partial charge is 0.256 e. The van der Waals surface area contributed by atoms with Crippen LogP contribution in [0.25, 0.3) is 0 Å². The van der Waals surface area contributed by atoms with Gasteiger partial charge in [0.1, 0.15) is 0 Å². The Bertz CT molecular complexity index is 700. The topological polar surface area (TPSA) is 45.7 Å². The van der Waals surface area contributed by atoms with E-state index in [0.29, 0.717) is 0 Å². The van der Waals surface area contributed by atoms with Gasteiger partial charge < -0.3 is 14.5 Å². The number of ether oxygens (including phenoxy) is 1. The van der Waals surface area contributed by atoms with Crippen molar-refractivity contribution in [3.63, 3.8) is 0 Å². The van der Waals surface area contributed by atoms with E-state index >= 15 is 0 Å². The first-order valence-corrected chi connectivity index (χ1v) is 9.65. The van der Waals surface area contributed by atoms with Crippen molar-refractivity contribution in [2.24, 2.45) is 0 Å². The molecule has 0 spiro atoms. The molecular formula is C22H29N3O2. The van der Waals surface area contributed by atoms with Gasteiger partial charge in [-0.15, -0.1) is 0 Å². The van der Waals surface area contributed by atoms with Crippen molar-refractivity contribution in [3.8, 4) is 0 Å². The van der Waals surface area contributed by atoms with Crippen LogP contribution in [0.1, 0.15) is 30.2 Å². The van der Waals surface area contributed by atoms with E-state index in [1.54, 1.807) is 7.11 Å². The summed E-state index contributed by atoms with van der Waals surface area (Å²) in [6, 6.07) is 16.0. The summed E-state index contributed by atoms with van der Waals surface area (Å²) in [7, 11) is 3.51. The van der Waals surface area contributed by atoms with Crippen molar-refractivity contribution < 1.29 is 9.53 Å². The lowest BCUT2D eigenvalue weighted by molar-refractivity contribution is -0.144. The number of nitrogens with zero attached hydrogens (tertiary/aromatic N) is 3. The van der Waals surface area contributed by atoms with E-state index in [-0.39, 0.29) is 11.9 Å². The van der Waals surface area contributed by atoms with Crippen LogP contribution in [-0.4, -0.2) is 60.5 Å². The minimum atomic E-state index is -0.529. The molecule has 27 heavy (non-hydrogen) atoms. The standard InChI is InChI=1S/C22H29N3O2/c1-24(22(26)21(27-2)18-8-4-3-5-9-18)20-12-16-25(17-13-20)15-11-19-10-6-7-14-23-19/h3-10,14,20-21H,11-13,15-17H2,1-2H3. The minimum Gasteiger partial charge on any atom is -0.367 e. The zero-order chi connectivity index (χ0) is 19.1. The van der Waals surface area contributed by atoms with Gasteiger partial charge in [-0.2, -0.15) is 0 Å². The Kier molecular flexibility index (Phi) is 6.96. The highest BCUT2D eigenvalue weighted by Gasteiger charge is 2.30. The van der Waals surface area contributed by atoms with Crippen molar-refractivity contribution in [1.29, 1.82) is 0 Å². The molecule has 5 nitrogen and oxygen atoms in total. The molecule has 1 aromatic carbocycles. The van der Waals surface area contributed by atoms with Crippen LogP contribution >= 0.6 is 0 Å². The van der Waals surface area contributed by atoms with E-state index in [1.165, 1.54) is 0 Å². The first-order valence-electron chi connectivity index (χ1n) is 9.65. The van der Waals surface area contributed by atoms with Crippen LogP contribution in [-0.2, 0) is 16.0 Å². The number of aromatic nitrogens is 1. The van der Waals surface area contributed by atoms with E-state index in [2.05, 4.69) is 16.0 Å². The molecule has 1 unspecified atom stereocenters. The molecule has 2 aromatic rings. The number of methoxy groups -OCH3 is 1. The second-order valence-electron chi connectivity index (χ2n) is 7.12. The van der Waals surface area contributed by atoms with Gasteiger partial charge in [-0.25, -0.2) is 0 Å². The van der Waals surface area contributed by atoms with Gasteiger partial charge in [0.25, 0.3) is 5.91 Å². The number of hydrogen-bond donors (Lipinski definition) is 0. The SMILES string of the molecule is COC(C(=O)N(C)C1CCN(CCc2ccccn2)CC1)c1ccccc1. The molecule has 0 aliphatic carbocycles. The highest BCUT2D eigenvalue weighted by Crippen LogP contribution is 2.23. The molecule has 0 bridgehead atoms. The average Bonchev–Trinajstić information content (AvgIpc) is 2.74. The Balaban J connectivity index is 1.50. The van der Waals surface area contributed by atoms with Crippen LogP contribution < -0.4 is 0 Å². The molecule has 1 saturated heterocycles. The van der Waals surface area contributed by atoms with E-state index < -0.39 is 6.10 Å². The summed E-state index contributed by atoms with van der Waals surface area (Å²) in [6.07, 6.45) is 4.28. The predicted octanol–water partition coefficient (Wildman–Crippen LogP) is 2.93. The van der Waals surface area contributed by atoms with E-state index in [9.17, 15) is 4.79 Å². The molecule has 2 heterocycles. The number of carbonyl (C=O) groups excluding carboxylic acids is 1. The highest BCUT2D eigenvalue weighted by atomic mass is 16.5. The van der Waals surface area contributed by atoms with Crippen molar-refractivity contribution in [2.75, 3.05) is 33.8 Å². The molecule has 1 amide bonds. The van der Waals surface area contributed by atoms with Crippen molar-refractivity contribution >= 4 is 5.91 Å². The molecule has 3 rings (SSSR count). The summed E-state index contributed by atoms with van der Waals surface area (Å²) in [5.41, 5.74) is 2.04. The number of benzene rings is 1. The summed E-state index contributed by atoms with van der Waals surface area (Å²) in [5.74, 6) is 0.0376. The maximum Gasteiger partial charge on any atom is 0.256 e.